The lowest BCUT2D eigenvalue weighted by molar-refractivity contribution is -0.126. The van der Waals surface area contributed by atoms with Gasteiger partial charge >= 0.3 is 0 Å². The largest absolute Gasteiger partial charge is 0.382 e. The van der Waals surface area contributed by atoms with Gasteiger partial charge < -0.3 is 19.4 Å². The Morgan fingerprint density at radius 1 is 1.33 bits per heavy atom. The molecule has 21 heavy (non-hydrogen) atoms. The molecule has 0 radical (unpaired) electrons. The quantitative estimate of drug-likeness (QED) is 0.740. The van der Waals surface area contributed by atoms with Gasteiger partial charge in [-0.2, -0.15) is 0 Å². The molecule has 1 N–H and O–H groups in total. The number of amides is 1. The molecule has 0 spiro atoms. The first-order chi connectivity index (χ1) is 10.2. The maximum atomic E-state index is 11.6. The minimum atomic E-state index is -0.117. The molecule has 0 atom stereocenters. The summed E-state index contributed by atoms with van der Waals surface area (Å²) < 4.78 is 12.1. The summed E-state index contributed by atoms with van der Waals surface area (Å²) in [7, 11) is 1.60. The number of carbonyl (C=O) groups excluding carboxylic acids is 1. The number of fused-ring (bicyclic) bond motifs is 1. The Bertz CT molecular complexity index is 595. The molecule has 0 fully saturated rings. The maximum absolute atomic E-state index is 11.6. The zero-order chi connectivity index (χ0) is 15.1. The van der Waals surface area contributed by atoms with Gasteiger partial charge in [-0.15, -0.1) is 0 Å². The highest BCUT2D eigenvalue weighted by atomic mass is 16.5. The molecule has 1 heterocycles. The number of ether oxygens (including phenoxy) is 2. The molecule has 0 aliphatic rings. The van der Waals surface area contributed by atoms with Crippen molar-refractivity contribution in [3.63, 3.8) is 0 Å². The number of nitrogens with zero attached hydrogens (tertiary/aromatic N) is 2. The van der Waals surface area contributed by atoms with Gasteiger partial charge in [-0.05, 0) is 19.1 Å². The van der Waals surface area contributed by atoms with E-state index < -0.39 is 0 Å². The molecule has 1 aromatic carbocycles. The van der Waals surface area contributed by atoms with Gasteiger partial charge in [-0.3, -0.25) is 4.79 Å². The third kappa shape index (κ3) is 4.27. The van der Waals surface area contributed by atoms with E-state index in [4.69, 9.17) is 9.47 Å². The second-order valence-electron chi connectivity index (χ2n) is 4.69. The van der Waals surface area contributed by atoms with Crippen molar-refractivity contribution in [2.24, 2.45) is 0 Å². The van der Waals surface area contributed by atoms with Crippen LogP contribution in [0.5, 0.6) is 0 Å². The fraction of sp³-hybridized carbons (Fsp3) is 0.467. The van der Waals surface area contributed by atoms with Gasteiger partial charge in [0.15, 0.2) is 0 Å². The summed E-state index contributed by atoms with van der Waals surface area (Å²) in [6.45, 7) is 4.19. The Hall–Kier alpha value is -1.92. The number of para-hydroxylation sites is 2. The van der Waals surface area contributed by atoms with Crippen molar-refractivity contribution in [3.8, 4) is 0 Å². The number of imidazole rings is 1. The standard InChI is InChI=1S/C15H21N3O3/c1-12-17-13-5-3-4-6-14(13)18(12)8-7-16-15(19)11-21-10-9-20-2/h3-6H,7-11H2,1-2H3,(H,16,19). The first-order valence-electron chi connectivity index (χ1n) is 6.97. The van der Waals surface area contributed by atoms with Gasteiger partial charge in [0.05, 0.1) is 24.2 Å². The fourth-order valence-corrected chi connectivity index (χ4v) is 2.14. The number of aryl methyl sites for hydroxylation is 1. The summed E-state index contributed by atoms with van der Waals surface area (Å²) in [6, 6.07) is 7.98. The van der Waals surface area contributed by atoms with Crippen molar-refractivity contribution in [3.05, 3.63) is 30.1 Å². The van der Waals surface area contributed by atoms with Crippen LogP contribution in [0.3, 0.4) is 0 Å². The van der Waals surface area contributed by atoms with Crippen LogP contribution in [-0.2, 0) is 20.8 Å². The lowest BCUT2D eigenvalue weighted by Crippen LogP contribution is -2.31. The third-order valence-corrected chi connectivity index (χ3v) is 3.17. The van der Waals surface area contributed by atoms with Crippen LogP contribution < -0.4 is 5.32 Å². The van der Waals surface area contributed by atoms with E-state index in [1.165, 1.54) is 0 Å². The van der Waals surface area contributed by atoms with Crippen LogP contribution >= 0.6 is 0 Å². The van der Waals surface area contributed by atoms with Crippen LogP contribution in [0.25, 0.3) is 11.0 Å². The molecule has 6 heteroatoms. The van der Waals surface area contributed by atoms with Crippen LogP contribution in [0.15, 0.2) is 24.3 Å². The van der Waals surface area contributed by atoms with Crippen LogP contribution in [0.2, 0.25) is 0 Å². The highest BCUT2D eigenvalue weighted by molar-refractivity contribution is 5.77. The minimum Gasteiger partial charge on any atom is -0.382 e. The van der Waals surface area contributed by atoms with Gasteiger partial charge in [0.1, 0.15) is 12.4 Å². The van der Waals surface area contributed by atoms with Crippen molar-refractivity contribution in [1.29, 1.82) is 0 Å². The van der Waals surface area contributed by atoms with E-state index in [9.17, 15) is 4.79 Å². The van der Waals surface area contributed by atoms with E-state index in [0.717, 1.165) is 16.9 Å². The van der Waals surface area contributed by atoms with Crippen molar-refractivity contribution in [2.45, 2.75) is 13.5 Å². The van der Waals surface area contributed by atoms with Crippen molar-refractivity contribution >= 4 is 16.9 Å². The van der Waals surface area contributed by atoms with Gasteiger partial charge in [0.25, 0.3) is 0 Å². The number of aromatic nitrogens is 2. The maximum Gasteiger partial charge on any atom is 0.246 e. The predicted octanol–water partition coefficient (Wildman–Crippen LogP) is 1.12. The topological polar surface area (TPSA) is 65.4 Å². The van der Waals surface area contributed by atoms with Gasteiger partial charge in [-0.25, -0.2) is 4.98 Å². The lowest BCUT2D eigenvalue weighted by Gasteiger charge is -2.09. The van der Waals surface area contributed by atoms with Crippen LogP contribution in [-0.4, -0.2) is 48.9 Å². The normalized spacial score (nSPS) is 11.0. The fourth-order valence-electron chi connectivity index (χ4n) is 2.14. The molecule has 0 saturated carbocycles. The smallest absolute Gasteiger partial charge is 0.246 e. The van der Waals surface area contributed by atoms with E-state index in [1.54, 1.807) is 7.11 Å². The molecule has 0 aliphatic carbocycles. The molecule has 1 amide bonds. The van der Waals surface area contributed by atoms with E-state index in [0.29, 0.717) is 26.3 Å². The first kappa shape index (κ1) is 15.5. The molecule has 0 aliphatic heterocycles. The first-order valence-corrected chi connectivity index (χ1v) is 6.97. The number of carbonyl (C=O) groups is 1. The molecule has 6 nitrogen and oxygen atoms in total. The number of nitrogens with one attached hydrogen (secondary N) is 1. The summed E-state index contributed by atoms with van der Waals surface area (Å²) in [6.07, 6.45) is 0. The highest BCUT2D eigenvalue weighted by Crippen LogP contribution is 2.14. The second kappa shape index (κ2) is 7.75. The van der Waals surface area contributed by atoms with E-state index in [2.05, 4.69) is 14.9 Å². The summed E-state index contributed by atoms with van der Waals surface area (Å²) in [4.78, 5) is 16.1. The summed E-state index contributed by atoms with van der Waals surface area (Å²) in [5.41, 5.74) is 2.06. The average molecular weight is 291 g/mol. The number of methoxy groups -OCH3 is 1. The van der Waals surface area contributed by atoms with Gasteiger partial charge in [0.2, 0.25) is 5.91 Å². The summed E-state index contributed by atoms with van der Waals surface area (Å²) in [5.74, 6) is 0.829. The Morgan fingerprint density at radius 2 is 2.14 bits per heavy atom. The molecule has 114 valence electrons. The minimum absolute atomic E-state index is 0.0625. The molecule has 0 bridgehead atoms. The Kier molecular flexibility index (Phi) is 5.71. The predicted molar refractivity (Wildman–Crippen MR) is 80.2 cm³/mol. The molecular formula is C15H21N3O3. The van der Waals surface area contributed by atoms with E-state index in [1.807, 2.05) is 31.2 Å². The van der Waals surface area contributed by atoms with E-state index >= 15 is 0 Å². The molecule has 0 unspecified atom stereocenters. The van der Waals surface area contributed by atoms with Crippen LogP contribution in [0, 0.1) is 6.92 Å². The van der Waals surface area contributed by atoms with Crippen molar-refractivity contribution in [1.82, 2.24) is 14.9 Å². The Labute approximate surface area is 124 Å². The van der Waals surface area contributed by atoms with Crippen LogP contribution in [0.1, 0.15) is 5.82 Å². The number of hydrogen-bond donors (Lipinski definition) is 1. The Morgan fingerprint density at radius 3 is 2.95 bits per heavy atom. The third-order valence-electron chi connectivity index (χ3n) is 3.17. The zero-order valence-corrected chi connectivity index (χ0v) is 12.5. The zero-order valence-electron chi connectivity index (χ0n) is 12.5. The highest BCUT2D eigenvalue weighted by Gasteiger charge is 2.07. The molecular weight excluding hydrogens is 270 g/mol. The average Bonchev–Trinajstić information content (AvgIpc) is 2.80. The number of hydrogen-bond acceptors (Lipinski definition) is 4. The summed E-state index contributed by atoms with van der Waals surface area (Å²) >= 11 is 0. The van der Waals surface area contributed by atoms with Crippen molar-refractivity contribution in [2.75, 3.05) is 33.5 Å². The second-order valence-corrected chi connectivity index (χ2v) is 4.69. The molecule has 1 aromatic heterocycles. The van der Waals surface area contributed by atoms with Crippen molar-refractivity contribution < 1.29 is 14.3 Å². The van der Waals surface area contributed by atoms with Crippen LogP contribution in [0.4, 0.5) is 0 Å². The van der Waals surface area contributed by atoms with Gasteiger partial charge in [-0.1, -0.05) is 12.1 Å². The van der Waals surface area contributed by atoms with E-state index in [-0.39, 0.29) is 12.5 Å². The lowest BCUT2D eigenvalue weighted by atomic mass is 10.3. The number of rotatable bonds is 8. The SMILES string of the molecule is COCCOCC(=O)NCCn1c(C)nc2ccccc21. The number of benzene rings is 1. The monoisotopic (exact) mass is 291 g/mol. The summed E-state index contributed by atoms with van der Waals surface area (Å²) in [5, 5.41) is 2.84. The molecule has 2 rings (SSSR count). The van der Waals surface area contributed by atoms with Gasteiger partial charge in [0, 0.05) is 20.2 Å². The molecule has 2 aromatic rings. The Balaban J connectivity index is 1.80. The molecule has 0 saturated heterocycles.